The third-order valence-corrected chi connectivity index (χ3v) is 5.27. The van der Waals surface area contributed by atoms with Gasteiger partial charge in [0.05, 0.1) is 26.3 Å². The number of nitrogens with zero attached hydrogens (tertiary/aromatic N) is 5. The van der Waals surface area contributed by atoms with Crippen LogP contribution in [-0.2, 0) is 6.54 Å². The molecule has 0 radical (unpaired) electrons. The summed E-state index contributed by atoms with van der Waals surface area (Å²) in [4.78, 5) is 6.09. The maximum atomic E-state index is 6.44. The van der Waals surface area contributed by atoms with Crippen molar-refractivity contribution < 1.29 is 9.47 Å². The molecule has 2 aromatic heterocycles. The number of ether oxygens (including phenoxy) is 2. The zero-order chi connectivity index (χ0) is 20.5. The van der Waals surface area contributed by atoms with E-state index in [1.54, 1.807) is 14.2 Å². The number of hydrogen-bond acceptors (Lipinski definition) is 6. The number of aryl methyl sites for hydroxylation is 2. The minimum absolute atomic E-state index is 0.370. The summed E-state index contributed by atoms with van der Waals surface area (Å²) < 4.78 is 10.6. The van der Waals surface area contributed by atoms with Crippen molar-refractivity contribution >= 4 is 22.5 Å². The molecule has 0 N–H and O–H groups in total. The monoisotopic (exact) mass is 409 g/mol. The number of hydrogen-bond donors (Lipinski definition) is 0. The first-order valence-electron chi connectivity index (χ1n) is 9.05. The van der Waals surface area contributed by atoms with Crippen LogP contribution in [-0.4, -0.2) is 39.4 Å². The fourth-order valence-corrected chi connectivity index (χ4v) is 3.37. The van der Waals surface area contributed by atoms with E-state index in [2.05, 4.69) is 40.3 Å². The fraction of sp³-hybridized carbons (Fsp3) is 0.238. The summed E-state index contributed by atoms with van der Waals surface area (Å²) in [6.07, 6.45) is 0. The Morgan fingerprint density at radius 1 is 1.00 bits per heavy atom. The second kappa shape index (κ2) is 7.67. The number of halogens is 1. The van der Waals surface area contributed by atoms with E-state index in [4.69, 9.17) is 21.1 Å². The van der Waals surface area contributed by atoms with Crippen LogP contribution >= 0.6 is 11.6 Å². The highest BCUT2D eigenvalue weighted by Gasteiger charge is 2.13. The number of methoxy groups -OCH3 is 2. The van der Waals surface area contributed by atoms with Gasteiger partial charge in [0.15, 0.2) is 11.5 Å². The van der Waals surface area contributed by atoms with Crippen molar-refractivity contribution in [3.63, 3.8) is 0 Å². The van der Waals surface area contributed by atoms with Crippen LogP contribution in [0.1, 0.15) is 16.7 Å². The Kier molecular flexibility index (Phi) is 5.07. The molecule has 148 valence electrons. The molecule has 2 heterocycles. The lowest BCUT2D eigenvalue weighted by Gasteiger charge is -2.09. The third-order valence-electron chi connectivity index (χ3n) is 4.94. The fourth-order valence-electron chi connectivity index (χ4n) is 3.17. The van der Waals surface area contributed by atoms with Gasteiger partial charge in [-0.25, -0.2) is 4.98 Å². The zero-order valence-corrected chi connectivity index (χ0v) is 17.4. The van der Waals surface area contributed by atoms with E-state index in [9.17, 15) is 0 Å². The first-order valence-corrected chi connectivity index (χ1v) is 9.43. The van der Waals surface area contributed by atoms with E-state index < -0.39 is 0 Å². The van der Waals surface area contributed by atoms with Crippen LogP contribution in [0.2, 0.25) is 5.15 Å². The van der Waals surface area contributed by atoms with Crippen LogP contribution in [0.15, 0.2) is 36.4 Å². The number of rotatable bonds is 5. The van der Waals surface area contributed by atoms with Crippen LogP contribution in [0.4, 0.5) is 0 Å². The van der Waals surface area contributed by atoms with Crippen molar-refractivity contribution in [1.29, 1.82) is 0 Å². The molecule has 0 aliphatic carbocycles. The molecule has 0 saturated carbocycles. The third kappa shape index (κ3) is 3.61. The van der Waals surface area contributed by atoms with Crippen LogP contribution in [0.5, 0.6) is 11.5 Å². The van der Waals surface area contributed by atoms with Gasteiger partial charge in [-0.05, 0) is 54.5 Å². The Labute approximate surface area is 173 Å². The van der Waals surface area contributed by atoms with Gasteiger partial charge in [0.1, 0.15) is 5.15 Å². The Morgan fingerprint density at radius 3 is 2.55 bits per heavy atom. The molecule has 0 aliphatic heterocycles. The first kappa shape index (κ1) is 19.1. The molecule has 0 saturated heterocycles. The quantitative estimate of drug-likeness (QED) is 0.459. The maximum absolute atomic E-state index is 6.44. The molecule has 0 atom stereocenters. The molecule has 0 bridgehead atoms. The van der Waals surface area contributed by atoms with E-state index in [0.29, 0.717) is 29.0 Å². The topological polar surface area (TPSA) is 75.0 Å². The Bertz CT molecular complexity index is 1210. The summed E-state index contributed by atoms with van der Waals surface area (Å²) in [5.41, 5.74) is 4.84. The second-order valence-corrected chi connectivity index (χ2v) is 7.09. The smallest absolute Gasteiger partial charge is 0.205 e. The predicted octanol–water partition coefficient (Wildman–Crippen LogP) is 4.22. The Balaban J connectivity index is 1.64. The normalized spacial score (nSPS) is 11.1. The molecule has 0 fully saturated rings. The van der Waals surface area contributed by atoms with Crippen LogP contribution in [0.25, 0.3) is 22.3 Å². The largest absolute Gasteiger partial charge is 0.493 e. The van der Waals surface area contributed by atoms with E-state index in [-0.39, 0.29) is 0 Å². The van der Waals surface area contributed by atoms with Crippen molar-refractivity contribution in [2.24, 2.45) is 0 Å². The Hall–Kier alpha value is -3.19. The molecule has 4 aromatic rings. The van der Waals surface area contributed by atoms with E-state index in [0.717, 1.165) is 27.6 Å². The average molecular weight is 410 g/mol. The minimum Gasteiger partial charge on any atom is -0.493 e. The molecule has 2 aromatic carbocycles. The van der Waals surface area contributed by atoms with Crippen LogP contribution in [0, 0.1) is 13.8 Å². The van der Waals surface area contributed by atoms with E-state index in [1.807, 2.05) is 30.3 Å². The van der Waals surface area contributed by atoms with Crippen molar-refractivity contribution in [1.82, 2.24) is 25.2 Å². The zero-order valence-electron chi connectivity index (χ0n) is 16.6. The van der Waals surface area contributed by atoms with Gasteiger partial charge in [0, 0.05) is 16.5 Å². The summed E-state index contributed by atoms with van der Waals surface area (Å²) in [7, 11) is 3.18. The number of aromatic nitrogens is 5. The van der Waals surface area contributed by atoms with Crippen molar-refractivity contribution in [3.8, 4) is 22.9 Å². The van der Waals surface area contributed by atoms with Gasteiger partial charge in [-0.2, -0.15) is 4.80 Å². The molecule has 7 nitrogen and oxygen atoms in total. The SMILES string of the molecule is COc1ccc(-c2nnn(Cc3cc4ccc(C)c(C)c4nc3Cl)n2)cc1OC. The van der Waals surface area contributed by atoms with Crippen LogP contribution in [0.3, 0.4) is 0 Å². The molecular weight excluding hydrogens is 390 g/mol. The van der Waals surface area contributed by atoms with E-state index in [1.165, 1.54) is 10.4 Å². The maximum Gasteiger partial charge on any atom is 0.205 e. The highest BCUT2D eigenvalue weighted by molar-refractivity contribution is 6.30. The summed E-state index contributed by atoms with van der Waals surface area (Å²) in [6.45, 7) is 4.48. The summed E-state index contributed by atoms with van der Waals surface area (Å²) in [6, 6.07) is 11.6. The first-order chi connectivity index (χ1) is 14.0. The summed E-state index contributed by atoms with van der Waals surface area (Å²) in [5, 5.41) is 14.3. The van der Waals surface area contributed by atoms with E-state index >= 15 is 0 Å². The van der Waals surface area contributed by atoms with Gasteiger partial charge in [-0.1, -0.05) is 23.7 Å². The average Bonchev–Trinajstić information content (AvgIpc) is 3.20. The summed E-state index contributed by atoms with van der Waals surface area (Å²) >= 11 is 6.44. The number of benzene rings is 2. The van der Waals surface area contributed by atoms with Crippen molar-refractivity contribution in [3.05, 3.63) is 58.2 Å². The predicted molar refractivity (Wildman–Crippen MR) is 112 cm³/mol. The number of tetrazole rings is 1. The lowest BCUT2D eigenvalue weighted by Crippen LogP contribution is -2.06. The van der Waals surface area contributed by atoms with Crippen LogP contribution < -0.4 is 9.47 Å². The molecule has 8 heteroatoms. The minimum atomic E-state index is 0.370. The summed E-state index contributed by atoms with van der Waals surface area (Å²) in [5.74, 6) is 1.74. The van der Waals surface area contributed by atoms with Gasteiger partial charge in [0.25, 0.3) is 0 Å². The molecule has 0 spiro atoms. The number of pyridine rings is 1. The second-order valence-electron chi connectivity index (χ2n) is 6.73. The van der Waals surface area contributed by atoms with Crippen molar-refractivity contribution in [2.75, 3.05) is 14.2 Å². The molecule has 0 amide bonds. The molecular formula is C21H20ClN5O2. The van der Waals surface area contributed by atoms with Gasteiger partial charge in [0.2, 0.25) is 5.82 Å². The standard InChI is InChI=1S/C21H20ClN5O2/c1-12-5-6-14-9-16(20(22)23-19(14)13(12)2)11-27-25-21(24-26-27)15-7-8-17(28-3)18(10-15)29-4/h5-10H,11H2,1-4H3. The van der Waals surface area contributed by atoms with Gasteiger partial charge in [-0.15, -0.1) is 10.2 Å². The van der Waals surface area contributed by atoms with Crippen molar-refractivity contribution in [2.45, 2.75) is 20.4 Å². The van der Waals surface area contributed by atoms with Gasteiger partial charge < -0.3 is 9.47 Å². The molecule has 0 unspecified atom stereocenters. The van der Waals surface area contributed by atoms with Gasteiger partial charge >= 0.3 is 0 Å². The molecule has 29 heavy (non-hydrogen) atoms. The lowest BCUT2D eigenvalue weighted by atomic mass is 10.0. The highest BCUT2D eigenvalue weighted by Crippen LogP contribution is 2.31. The lowest BCUT2D eigenvalue weighted by molar-refractivity contribution is 0.355. The van der Waals surface area contributed by atoms with Gasteiger partial charge in [-0.3, -0.25) is 0 Å². The Morgan fingerprint density at radius 2 is 1.79 bits per heavy atom. The number of fused-ring (bicyclic) bond motifs is 1. The molecule has 4 rings (SSSR count). The molecule has 0 aliphatic rings. The highest BCUT2D eigenvalue weighted by atomic mass is 35.5.